The number of nitrogens with one attached hydrogen (secondary N) is 3. The molecule has 0 spiro atoms. The van der Waals surface area contributed by atoms with Crippen LogP contribution in [0.2, 0.25) is 0 Å². The average Bonchev–Trinajstić information content (AvgIpc) is 1.66. The summed E-state index contributed by atoms with van der Waals surface area (Å²) < 4.78 is 155. The molecule has 3 aliphatic rings. The van der Waals surface area contributed by atoms with Crippen LogP contribution in [-0.2, 0) is 117 Å². The first-order chi connectivity index (χ1) is 55.6. The second-order valence-corrected chi connectivity index (χ2v) is 33.1. The molecule has 44 heteroatoms. The van der Waals surface area contributed by atoms with Gasteiger partial charge in [0, 0.05) is 44.3 Å². The Kier molecular flexibility index (Phi) is 27.7. The standard InChI is InChI=1S/C25H28F2N5O8P.C25H30N5O8P.C22H26N5O8P/c1-15-2-4-16(5-3-15)11-37-41(35,14-36-9-8-32-13-29-19-21(32)30-23(28)31-22(19)33)38-12-18-20(40-24(34)39-18)17-6-7-25(26,27)10-17;1-16-6-8-17(9-7-16)12-35-39(33,36-13-19-21(38-25(32)37-19)18-4-2-3-5-18)15-34-11-10-30-14-27-20-22(30)28-24(26)29-23(20)31;1-14-3-5-16(6-4-14)10-32-36(30,33-11-18-17(9-28)34-15(2)35-18)13-31-8-7-27-12-24-19-20(27)25-22(23)26-21(19)29/h2-5,13,17H,6-12,14H2,1H3,(H3,28,30,31,33);6-9,14,18H,2-5,10-13,15H2,1H3,(H3,26,28,29,31);3-6,12,28H,2,7-11,13H2,1H3,(H3,23,25,26,29). The number of aromatic amines is 3. The number of nitrogens with two attached hydrogens (primary N) is 3. The van der Waals surface area contributed by atoms with Crippen LogP contribution in [0.5, 0.6) is 0 Å². The second kappa shape index (κ2) is 38.0. The van der Waals surface area contributed by atoms with Crippen molar-refractivity contribution in [2.75, 3.05) is 69.3 Å². The zero-order valence-electron chi connectivity index (χ0n) is 63.0. The summed E-state index contributed by atoms with van der Waals surface area (Å²) in [7, 11) is -11.6. The Labute approximate surface area is 656 Å². The molecule has 0 saturated heterocycles. The van der Waals surface area contributed by atoms with Crippen LogP contribution in [0.1, 0.15) is 113 Å². The molecule has 620 valence electrons. The number of hydrogen-bond donors (Lipinski definition) is 7. The van der Waals surface area contributed by atoms with Crippen molar-refractivity contribution >= 4 is 74.1 Å². The summed E-state index contributed by atoms with van der Waals surface area (Å²) >= 11 is 0. The van der Waals surface area contributed by atoms with E-state index in [0.29, 0.717) is 17.1 Å². The van der Waals surface area contributed by atoms with Crippen molar-refractivity contribution in [2.24, 2.45) is 0 Å². The van der Waals surface area contributed by atoms with Crippen LogP contribution in [0.25, 0.3) is 33.5 Å². The van der Waals surface area contributed by atoms with Gasteiger partial charge < -0.3 is 90.9 Å². The van der Waals surface area contributed by atoms with Gasteiger partial charge in [-0.15, -0.1) is 0 Å². The number of alkyl halides is 2. The Morgan fingerprint density at radius 1 is 0.500 bits per heavy atom. The Bertz CT molecular complexity index is 5750. The van der Waals surface area contributed by atoms with E-state index in [2.05, 4.69) is 51.4 Å². The van der Waals surface area contributed by atoms with Crippen LogP contribution in [-0.4, -0.2) is 122 Å². The zero-order valence-corrected chi connectivity index (χ0v) is 65.7. The van der Waals surface area contributed by atoms with Gasteiger partial charge in [0.25, 0.3) is 22.6 Å². The molecule has 39 nitrogen and oxygen atoms in total. The van der Waals surface area contributed by atoms with Crippen molar-refractivity contribution in [2.45, 2.75) is 136 Å². The fourth-order valence-electron chi connectivity index (χ4n) is 12.3. The van der Waals surface area contributed by atoms with Crippen LogP contribution < -0.4 is 45.5 Å². The first-order valence-electron chi connectivity index (χ1n) is 36.2. The van der Waals surface area contributed by atoms with Crippen molar-refractivity contribution in [3.05, 3.63) is 225 Å². The van der Waals surface area contributed by atoms with Gasteiger partial charge in [-0.2, -0.15) is 15.0 Å². The third kappa shape index (κ3) is 22.7. The van der Waals surface area contributed by atoms with E-state index >= 15 is 0 Å². The summed E-state index contributed by atoms with van der Waals surface area (Å²) in [5.41, 5.74) is 22.3. The summed E-state index contributed by atoms with van der Waals surface area (Å²) in [5.74, 6) is -4.86. The first kappa shape index (κ1) is 84.7. The molecule has 2 aliphatic carbocycles. The quantitative estimate of drug-likeness (QED) is 0.0142. The molecule has 3 aromatic carbocycles. The van der Waals surface area contributed by atoms with E-state index in [1.165, 1.54) is 19.0 Å². The number of ether oxygens (including phenoxy) is 5. The highest BCUT2D eigenvalue weighted by atomic mass is 31.2. The minimum Gasteiger partial charge on any atom is -0.425 e. The number of fused-ring (bicyclic) bond motifs is 3. The molecule has 4 unspecified atom stereocenters. The van der Waals surface area contributed by atoms with Gasteiger partial charge >= 0.3 is 34.4 Å². The lowest BCUT2D eigenvalue weighted by Gasteiger charge is -2.19. The molecular formula is C72H84F2N15O24P3. The molecule has 0 bridgehead atoms. The smallest absolute Gasteiger partial charge is 0.425 e. The third-order valence-electron chi connectivity index (χ3n) is 18.3. The van der Waals surface area contributed by atoms with Crippen molar-refractivity contribution in [3.63, 3.8) is 0 Å². The number of aromatic nitrogens is 12. The first-order valence-corrected chi connectivity index (χ1v) is 41.4. The van der Waals surface area contributed by atoms with Crippen molar-refractivity contribution < 1.29 is 96.1 Å². The number of imidazole rings is 3. The maximum atomic E-state index is 13.8. The topological polar surface area (TPSA) is 528 Å². The molecule has 8 aromatic heterocycles. The summed E-state index contributed by atoms with van der Waals surface area (Å²) in [4.78, 5) is 91.1. The predicted molar refractivity (Wildman–Crippen MR) is 409 cm³/mol. The number of aliphatic hydroxyl groups is 1. The SMILES string of the molecule is C=C1OC(CO)=C(COP(=O)(COCCn2cnc3c(=O)[nH]c(N)nc32)OCc2ccc(C)cc2)O1.Cc1ccc(COP(=O)(COCCn2cnc3c(=O)[nH]c(N)nc32)OCc2oc(=O)oc2C2CCC(F)(F)C2)cc1.Cc1ccc(COP(=O)(COCCn2cnc3c(=O)[nH]c(N)nc32)OCc2oc(=O)oc2C2CCCC2)cc1. The van der Waals surface area contributed by atoms with Gasteiger partial charge in [0.2, 0.25) is 23.8 Å². The van der Waals surface area contributed by atoms with E-state index in [0.717, 1.165) is 59.1 Å². The van der Waals surface area contributed by atoms with Gasteiger partial charge in [0.1, 0.15) is 45.5 Å². The van der Waals surface area contributed by atoms with E-state index < -0.39 is 88.9 Å². The summed E-state index contributed by atoms with van der Waals surface area (Å²) in [5, 5.41) is 9.41. The fraction of sp³-hybridized carbons (Fsp3) is 0.403. The monoisotopic (exact) mass is 1670 g/mol. The highest BCUT2D eigenvalue weighted by Crippen LogP contribution is 2.53. The Balaban J connectivity index is 0.000000161. The Hall–Kier alpha value is -10.6. The number of nitrogens with zero attached hydrogens (tertiary/aromatic N) is 9. The molecule has 11 aromatic rings. The average molecular weight is 1670 g/mol. The predicted octanol–water partition coefficient (Wildman–Crippen LogP) is 10.0. The fourth-order valence-corrected chi connectivity index (χ4v) is 16.0. The minimum atomic E-state index is -3.99. The lowest BCUT2D eigenvalue weighted by atomic mass is 10.0. The molecule has 14 rings (SSSR count). The zero-order chi connectivity index (χ0) is 82.3. The van der Waals surface area contributed by atoms with Crippen molar-refractivity contribution in [1.82, 2.24) is 58.6 Å². The van der Waals surface area contributed by atoms with E-state index in [9.17, 15) is 51.6 Å². The van der Waals surface area contributed by atoms with Crippen LogP contribution >= 0.6 is 22.8 Å². The lowest BCUT2D eigenvalue weighted by Crippen LogP contribution is -2.13. The maximum Gasteiger partial charge on any atom is 0.519 e. The molecule has 2 fully saturated rings. The Morgan fingerprint density at radius 2 is 0.845 bits per heavy atom. The van der Waals surface area contributed by atoms with E-state index in [4.69, 9.17) is 85.7 Å². The third-order valence-corrected chi connectivity index (χ3v) is 22.9. The highest BCUT2D eigenvalue weighted by Gasteiger charge is 2.44. The highest BCUT2D eigenvalue weighted by molar-refractivity contribution is 7.54. The summed E-state index contributed by atoms with van der Waals surface area (Å²) in [6.07, 6.45) is 6.17. The number of hydrogen-bond acceptors (Lipinski definition) is 33. The van der Waals surface area contributed by atoms with E-state index in [-0.39, 0.29) is 179 Å². The molecule has 4 atom stereocenters. The number of nitrogen functional groups attached to an aromatic ring is 3. The molecule has 1 aliphatic heterocycles. The number of anilines is 3. The molecule has 9 heterocycles. The molecule has 2 saturated carbocycles. The van der Waals surface area contributed by atoms with Crippen molar-refractivity contribution in [1.29, 1.82) is 0 Å². The normalized spacial score (nSPS) is 16.4. The summed E-state index contributed by atoms with van der Waals surface area (Å²) in [6, 6.07) is 22.5. The second-order valence-electron chi connectivity index (χ2n) is 27.1. The van der Waals surface area contributed by atoms with Crippen molar-refractivity contribution in [3.8, 4) is 0 Å². The number of rotatable bonds is 36. The van der Waals surface area contributed by atoms with Gasteiger partial charge in [-0.05, 0) is 63.3 Å². The maximum absolute atomic E-state index is 13.8. The molecule has 0 amide bonds. The lowest BCUT2D eigenvalue weighted by molar-refractivity contribution is 0.00707. The molecule has 10 N–H and O–H groups in total. The van der Waals surface area contributed by atoms with E-state index in [1.807, 2.05) is 81.4 Å². The molecule has 0 radical (unpaired) electrons. The Morgan fingerprint density at radius 3 is 1.20 bits per heavy atom. The molecular weight excluding hydrogens is 1590 g/mol. The number of benzene rings is 3. The largest absolute Gasteiger partial charge is 0.519 e. The number of aryl methyl sites for hydroxylation is 3. The van der Waals surface area contributed by atoms with Crippen LogP contribution in [0.15, 0.2) is 157 Å². The van der Waals surface area contributed by atoms with Crippen LogP contribution in [0, 0.1) is 20.8 Å². The van der Waals surface area contributed by atoms with Crippen LogP contribution in [0.3, 0.4) is 0 Å². The molecule has 116 heavy (non-hydrogen) atoms. The number of H-pyrrole nitrogens is 3. The van der Waals surface area contributed by atoms with E-state index in [1.54, 1.807) is 25.8 Å². The number of aliphatic hydroxyl groups excluding tert-OH is 1. The summed E-state index contributed by atoms with van der Waals surface area (Å²) in [6.45, 7) is 8.72. The van der Waals surface area contributed by atoms with Gasteiger partial charge in [0.05, 0.1) is 58.6 Å². The van der Waals surface area contributed by atoms with Gasteiger partial charge in [-0.3, -0.25) is 56.6 Å². The van der Waals surface area contributed by atoms with Crippen LogP contribution in [0.4, 0.5) is 26.6 Å². The van der Waals surface area contributed by atoms with Gasteiger partial charge in [-0.25, -0.2) is 33.3 Å². The van der Waals surface area contributed by atoms with Gasteiger partial charge in [0.15, 0.2) is 68.1 Å². The minimum absolute atomic E-state index is 0.00425. The number of halogens is 2. The van der Waals surface area contributed by atoms with Gasteiger partial charge in [-0.1, -0.05) is 102 Å².